The standard InChI is InChI=1S/C29H22F4N2O5/c1-14-34-35-28(39-14)16-4-2-15(3-5-16)26-20-8-9-23(27(20)22(30)12-21(26)29(31,32)33)40-18-6-7-19-17(10-25(36)37)13-38-24(19)11-18/h2-7,11-12,17,23H,8-10,13H2,1H3,(H,36,37)/t17?,23-/m1/s1. The molecule has 2 heterocycles. The Morgan fingerprint density at radius 2 is 1.85 bits per heavy atom. The number of ether oxygens (including phenoxy) is 2. The van der Waals surface area contributed by atoms with Gasteiger partial charge in [0.2, 0.25) is 11.8 Å². The Balaban J connectivity index is 1.35. The molecule has 1 N–H and O–H groups in total. The second-order valence-corrected chi connectivity index (χ2v) is 9.83. The van der Waals surface area contributed by atoms with Gasteiger partial charge in [0.25, 0.3) is 0 Å². The highest BCUT2D eigenvalue weighted by Gasteiger charge is 2.40. The average Bonchev–Trinajstić information content (AvgIpc) is 3.63. The van der Waals surface area contributed by atoms with Crippen molar-refractivity contribution in [3.8, 4) is 34.1 Å². The quantitative estimate of drug-likeness (QED) is 0.260. The second kappa shape index (κ2) is 9.65. The maximum atomic E-state index is 15.3. The van der Waals surface area contributed by atoms with Crippen LogP contribution in [0.4, 0.5) is 17.6 Å². The molecule has 3 aromatic carbocycles. The zero-order valence-corrected chi connectivity index (χ0v) is 21.1. The molecule has 4 aromatic rings. The molecule has 0 saturated carbocycles. The predicted molar refractivity (Wildman–Crippen MR) is 133 cm³/mol. The summed E-state index contributed by atoms with van der Waals surface area (Å²) >= 11 is 0. The number of carboxylic acid groups (broad SMARTS) is 1. The number of fused-ring (bicyclic) bond motifs is 2. The van der Waals surface area contributed by atoms with E-state index in [4.69, 9.17) is 19.0 Å². The van der Waals surface area contributed by atoms with Gasteiger partial charge in [-0.25, -0.2) is 4.39 Å². The maximum Gasteiger partial charge on any atom is 0.417 e. The van der Waals surface area contributed by atoms with Crippen molar-refractivity contribution in [2.45, 2.75) is 44.4 Å². The minimum absolute atomic E-state index is 0.0751. The first kappa shape index (κ1) is 25.8. The molecule has 2 atom stereocenters. The number of hydrogen-bond donors (Lipinski definition) is 1. The van der Waals surface area contributed by atoms with Crippen LogP contribution in [0.25, 0.3) is 22.6 Å². The minimum Gasteiger partial charge on any atom is -0.492 e. The summed E-state index contributed by atoms with van der Waals surface area (Å²) in [5.74, 6) is -0.774. The van der Waals surface area contributed by atoms with Gasteiger partial charge >= 0.3 is 12.1 Å². The molecule has 0 amide bonds. The molecule has 2 aliphatic rings. The fourth-order valence-corrected chi connectivity index (χ4v) is 5.48. The molecule has 0 bridgehead atoms. The minimum atomic E-state index is -4.78. The van der Waals surface area contributed by atoms with Gasteiger partial charge < -0.3 is 19.0 Å². The summed E-state index contributed by atoms with van der Waals surface area (Å²) in [6.45, 7) is 1.85. The number of carboxylic acids is 1. The third-order valence-corrected chi connectivity index (χ3v) is 7.22. The summed E-state index contributed by atoms with van der Waals surface area (Å²) < 4.78 is 74.8. The number of carbonyl (C=O) groups is 1. The molecule has 7 nitrogen and oxygen atoms in total. The fraction of sp³-hybridized carbons (Fsp3) is 0.276. The van der Waals surface area contributed by atoms with Gasteiger partial charge in [-0.2, -0.15) is 13.2 Å². The van der Waals surface area contributed by atoms with Crippen LogP contribution in [0.15, 0.2) is 52.9 Å². The number of halogens is 4. The molecule has 1 aromatic heterocycles. The third-order valence-electron chi connectivity index (χ3n) is 7.22. The Labute approximate surface area is 225 Å². The molecular weight excluding hydrogens is 532 g/mol. The van der Waals surface area contributed by atoms with Crippen molar-refractivity contribution in [1.82, 2.24) is 10.2 Å². The van der Waals surface area contributed by atoms with Crippen molar-refractivity contribution < 1.29 is 41.4 Å². The molecule has 1 aliphatic heterocycles. The van der Waals surface area contributed by atoms with Crippen molar-refractivity contribution in [2.75, 3.05) is 6.61 Å². The second-order valence-electron chi connectivity index (χ2n) is 9.83. The van der Waals surface area contributed by atoms with Gasteiger partial charge in [-0.1, -0.05) is 18.2 Å². The van der Waals surface area contributed by atoms with E-state index in [2.05, 4.69) is 10.2 Å². The van der Waals surface area contributed by atoms with E-state index in [1.54, 1.807) is 37.3 Å². The summed E-state index contributed by atoms with van der Waals surface area (Å²) in [6.07, 6.45) is -5.21. The molecule has 0 fully saturated rings. The van der Waals surface area contributed by atoms with Crippen molar-refractivity contribution in [3.05, 3.63) is 82.5 Å². The van der Waals surface area contributed by atoms with E-state index in [9.17, 15) is 18.0 Å². The highest BCUT2D eigenvalue weighted by Crippen LogP contribution is 2.48. The Morgan fingerprint density at radius 3 is 2.52 bits per heavy atom. The lowest BCUT2D eigenvalue weighted by Crippen LogP contribution is -2.12. The summed E-state index contributed by atoms with van der Waals surface area (Å²) in [4.78, 5) is 11.1. The van der Waals surface area contributed by atoms with Gasteiger partial charge in [-0.15, -0.1) is 10.2 Å². The number of aromatic nitrogens is 2. The van der Waals surface area contributed by atoms with E-state index in [1.807, 2.05) is 0 Å². The zero-order chi connectivity index (χ0) is 28.2. The van der Waals surface area contributed by atoms with Crippen molar-refractivity contribution >= 4 is 5.97 Å². The van der Waals surface area contributed by atoms with Gasteiger partial charge in [-0.3, -0.25) is 4.79 Å². The molecule has 40 heavy (non-hydrogen) atoms. The van der Waals surface area contributed by atoms with Crippen LogP contribution in [0.2, 0.25) is 0 Å². The van der Waals surface area contributed by atoms with E-state index in [0.29, 0.717) is 29.0 Å². The summed E-state index contributed by atoms with van der Waals surface area (Å²) in [5, 5.41) is 16.8. The van der Waals surface area contributed by atoms with E-state index in [1.165, 1.54) is 12.1 Å². The maximum absolute atomic E-state index is 15.3. The molecule has 1 aliphatic carbocycles. The Kier molecular flexibility index (Phi) is 6.24. The van der Waals surface area contributed by atoms with Crippen LogP contribution in [-0.2, 0) is 17.4 Å². The van der Waals surface area contributed by atoms with Gasteiger partial charge in [0.15, 0.2) is 0 Å². The van der Waals surface area contributed by atoms with Crippen LogP contribution in [0, 0.1) is 12.7 Å². The van der Waals surface area contributed by atoms with Crippen molar-refractivity contribution in [1.29, 1.82) is 0 Å². The lowest BCUT2D eigenvalue weighted by molar-refractivity contribution is -0.138. The SMILES string of the molecule is Cc1nnc(-c2ccc(-c3c(C(F)(F)F)cc(F)c4c3CC[C@H]4Oc3ccc4c(c3)OCC4CC(=O)O)cc2)o1. The highest BCUT2D eigenvalue weighted by atomic mass is 19.4. The third kappa shape index (κ3) is 4.65. The molecule has 11 heteroatoms. The largest absolute Gasteiger partial charge is 0.492 e. The van der Waals surface area contributed by atoms with Crippen LogP contribution in [0.3, 0.4) is 0 Å². The van der Waals surface area contributed by atoms with Gasteiger partial charge in [0, 0.05) is 35.6 Å². The summed E-state index contributed by atoms with van der Waals surface area (Å²) in [6, 6.07) is 11.7. The molecule has 0 spiro atoms. The van der Waals surface area contributed by atoms with E-state index < -0.39 is 29.6 Å². The lowest BCUT2D eigenvalue weighted by atomic mass is 9.90. The van der Waals surface area contributed by atoms with E-state index in [0.717, 1.165) is 5.56 Å². The first-order chi connectivity index (χ1) is 19.1. The first-order valence-corrected chi connectivity index (χ1v) is 12.6. The molecule has 0 saturated heterocycles. The number of aliphatic carboxylic acids is 1. The fourth-order valence-electron chi connectivity index (χ4n) is 5.48. The summed E-state index contributed by atoms with van der Waals surface area (Å²) in [7, 11) is 0. The number of rotatable bonds is 6. The predicted octanol–water partition coefficient (Wildman–Crippen LogP) is 6.89. The van der Waals surface area contributed by atoms with Crippen LogP contribution in [-0.4, -0.2) is 27.9 Å². The molecule has 0 radical (unpaired) electrons. The van der Waals surface area contributed by atoms with Gasteiger partial charge in [0.05, 0.1) is 18.6 Å². The zero-order valence-electron chi connectivity index (χ0n) is 21.1. The number of aryl methyl sites for hydroxylation is 1. The number of benzene rings is 3. The lowest BCUT2D eigenvalue weighted by Gasteiger charge is -2.21. The molecule has 1 unspecified atom stereocenters. The molecule has 6 rings (SSSR count). The normalized spacial score (nSPS) is 17.8. The van der Waals surface area contributed by atoms with Gasteiger partial charge in [-0.05, 0) is 53.8 Å². The van der Waals surface area contributed by atoms with Gasteiger partial charge in [0.1, 0.15) is 23.4 Å². The molecule has 206 valence electrons. The average molecular weight is 554 g/mol. The summed E-state index contributed by atoms with van der Waals surface area (Å²) in [5.41, 5.74) is 0.756. The smallest absolute Gasteiger partial charge is 0.417 e. The van der Waals surface area contributed by atoms with Crippen LogP contribution < -0.4 is 9.47 Å². The van der Waals surface area contributed by atoms with E-state index >= 15 is 4.39 Å². The molecular formula is C29H22F4N2O5. The Morgan fingerprint density at radius 1 is 1.10 bits per heavy atom. The monoisotopic (exact) mass is 554 g/mol. The first-order valence-electron chi connectivity index (χ1n) is 12.6. The van der Waals surface area contributed by atoms with Crippen LogP contribution >= 0.6 is 0 Å². The highest BCUT2D eigenvalue weighted by molar-refractivity contribution is 5.76. The Bertz CT molecular complexity index is 1610. The van der Waals surface area contributed by atoms with E-state index in [-0.39, 0.29) is 59.9 Å². The number of alkyl halides is 3. The Hall–Kier alpha value is -4.41. The van der Waals surface area contributed by atoms with Crippen LogP contribution in [0.1, 0.15) is 53.0 Å². The number of hydrogen-bond acceptors (Lipinski definition) is 6. The van der Waals surface area contributed by atoms with Crippen molar-refractivity contribution in [2.24, 2.45) is 0 Å². The number of nitrogens with zero attached hydrogens (tertiary/aromatic N) is 2. The topological polar surface area (TPSA) is 94.7 Å². The van der Waals surface area contributed by atoms with Crippen molar-refractivity contribution in [3.63, 3.8) is 0 Å². The van der Waals surface area contributed by atoms with Crippen LogP contribution in [0.5, 0.6) is 11.5 Å².